The Hall–Kier alpha value is -3.26. The minimum absolute atomic E-state index is 0.215. The number of nitrogen functional groups attached to an aromatic ring is 1. The van der Waals surface area contributed by atoms with Crippen LogP contribution in [-0.2, 0) is 6.42 Å². The maximum absolute atomic E-state index is 10.3. The monoisotopic (exact) mass is 601 g/mol. The lowest BCUT2D eigenvalue weighted by Crippen LogP contribution is -2.08. The zero-order valence-electron chi connectivity index (χ0n) is 25.2. The molecule has 0 saturated heterocycles. The standard InChI is InChI=1S/C35H43N3O2S2/c1-4-7-10-15-26-18-20-27(21-19-26)41-34-32(39-22-13-8-5-2)28(24-36)29(25-37)33(40-23-14-9-6-3)35(34)42-31-17-12-11-16-30(31)38/h11-12,16-21H,4-10,13-15,22-23,38H2,1-3H3. The summed E-state index contributed by atoms with van der Waals surface area (Å²) in [7, 11) is 0. The van der Waals surface area contributed by atoms with Gasteiger partial charge in [-0.05, 0) is 55.5 Å². The summed E-state index contributed by atoms with van der Waals surface area (Å²) in [6.07, 6.45) is 10.5. The van der Waals surface area contributed by atoms with Crippen molar-refractivity contribution in [1.29, 1.82) is 10.5 Å². The summed E-state index contributed by atoms with van der Waals surface area (Å²) in [5.41, 5.74) is 8.78. The largest absolute Gasteiger partial charge is 0.491 e. The van der Waals surface area contributed by atoms with Crippen LogP contribution in [0, 0.1) is 22.7 Å². The van der Waals surface area contributed by atoms with Gasteiger partial charge in [-0.2, -0.15) is 10.5 Å². The maximum Gasteiger partial charge on any atom is 0.153 e. The second kappa shape index (κ2) is 18.3. The SMILES string of the molecule is CCCCCOc1c(C#N)c(C#N)c(OCCCCC)c(Sc2ccccc2N)c1Sc1ccc(CCCCC)cc1. The number of aryl methyl sites for hydroxylation is 1. The van der Waals surface area contributed by atoms with Gasteiger partial charge >= 0.3 is 0 Å². The highest BCUT2D eigenvalue weighted by atomic mass is 32.2. The highest BCUT2D eigenvalue weighted by molar-refractivity contribution is 8.02. The smallest absolute Gasteiger partial charge is 0.153 e. The van der Waals surface area contributed by atoms with Crippen molar-refractivity contribution in [3.8, 4) is 23.6 Å². The minimum Gasteiger partial charge on any atom is -0.491 e. The summed E-state index contributed by atoms with van der Waals surface area (Å²) >= 11 is 3.01. The van der Waals surface area contributed by atoms with Crippen LogP contribution in [0.4, 0.5) is 5.69 Å². The van der Waals surface area contributed by atoms with Crippen molar-refractivity contribution in [3.05, 3.63) is 65.2 Å². The van der Waals surface area contributed by atoms with Gasteiger partial charge in [-0.3, -0.25) is 0 Å². The number of anilines is 1. The Labute approximate surface area is 260 Å². The Bertz CT molecular complexity index is 1360. The molecule has 0 amide bonds. The molecule has 3 aromatic rings. The summed E-state index contributed by atoms with van der Waals surface area (Å²) in [5.74, 6) is 0.873. The number of hydrogen-bond acceptors (Lipinski definition) is 7. The first-order valence-corrected chi connectivity index (χ1v) is 16.8. The zero-order valence-corrected chi connectivity index (χ0v) is 26.8. The topological polar surface area (TPSA) is 92.1 Å². The quantitative estimate of drug-likeness (QED) is 0.114. The molecule has 0 unspecified atom stereocenters. The van der Waals surface area contributed by atoms with Gasteiger partial charge in [0, 0.05) is 15.5 Å². The fraction of sp³-hybridized carbons (Fsp3) is 0.429. The molecule has 0 atom stereocenters. The molecule has 0 aliphatic heterocycles. The molecular weight excluding hydrogens is 559 g/mol. The van der Waals surface area contributed by atoms with Gasteiger partial charge < -0.3 is 15.2 Å². The third kappa shape index (κ3) is 9.38. The van der Waals surface area contributed by atoms with E-state index in [4.69, 9.17) is 15.2 Å². The van der Waals surface area contributed by atoms with Crippen molar-refractivity contribution in [2.45, 2.75) is 105 Å². The molecule has 0 aromatic heterocycles. The van der Waals surface area contributed by atoms with Crippen LogP contribution in [0.3, 0.4) is 0 Å². The minimum atomic E-state index is 0.215. The fourth-order valence-corrected chi connectivity index (χ4v) is 6.68. The average Bonchev–Trinajstić information content (AvgIpc) is 3.01. The molecule has 0 fully saturated rings. The number of nitriles is 2. The molecule has 42 heavy (non-hydrogen) atoms. The van der Waals surface area contributed by atoms with Crippen LogP contribution in [0.1, 0.15) is 95.2 Å². The normalized spacial score (nSPS) is 10.7. The number of benzene rings is 3. The number of unbranched alkanes of at least 4 members (excludes halogenated alkanes) is 6. The Kier molecular flexibility index (Phi) is 14.5. The molecule has 3 aromatic carbocycles. The van der Waals surface area contributed by atoms with Gasteiger partial charge in [-0.1, -0.05) is 107 Å². The molecule has 0 saturated carbocycles. The lowest BCUT2D eigenvalue weighted by Gasteiger charge is -2.22. The molecule has 0 bridgehead atoms. The predicted octanol–water partition coefficient (Wildman–Crippen LogP) is 10.2. The van der Waals surface area contributed by atoms with Gasteiger partial charge in [-0.25, -0.2) is 0 Å². The Morgan fingerprint density at radius 2 is 1.19 bits per heavy atom. The fourth-order valence-electron chi connectivity index (χ4n) is 4.49. The van der Waals surface area contributed by atoms with Crippen LogP contribution in [0.2, 0.25) is 0 Å². The van der Waals surface area contributed by atoms with E-state index in [1.165, 1.54) is 36.6 Å². The van der Waals surface area contributed by atoms with Crippen molar-refractivity contribution < 1.29 is 9.47 Å². The highest BCUT2D eigenvalue weighted by Gasteiger charge is 2.28. The van der Waals surface area contributed by atoms with Crippen molar-refractivity contribution in [2.24, 2.45) is 0 Å². The number of rotatable bonds is 18. The summed E-state index contributed by atoms with van der Waals surface area (Å²) < 4.78 is 12.7. The van der Waals surface area contributed by atoms with Crippen LogP contribution in [0.25, 0.3) is 0 Å². The second-order valence-corrected chi connectivity index (χ2v) is 12.4. The number of para-hydroxylation sites is 1. The maximum atomic E-state index is 10.3. The molecule has 2 N–H and O–H groups in total. The van der Waals surface area contributed by atoms with Gasteiger partial charge in [0.05, 0.1) is 23.0 Å². The number of ether oxygens (including phenoxy) is 2. The van der Waals surface area contributed by atoms with E-state index in [1.54, 1.807) is 11.8 Å². The second-order valence-electron chi connectivity index (χ2n) is 10.2. The van der Waals surface area contributed by atoms with Gasteiger partial charge in [0.15, 0.2) is 11.5 Å². The summed E-state index contributed by atoms with van der Waals surface area (Å²) in [5, 5.41) is 20.7. The van der Waals surface area contributed by atoms with Crippen LogP contribution in [0.15, 0.2) is 68.1 Å². The summed E-state index contributed by atoms with van der Waals surface area (Å²) in [6.45, 7) is 7.42. The first kappa shape index (κ1) is 33.2. The summed E-state index contributed by atoms with van der Waals surface area (Å²) in [4.78, 5) is 3.41. The van der Waals surface area contributed by atoms with Crippen molar-refractivity contribution >= 4 is 29.2 Å². The molecule has 0 spiro atoms. The van der Waals surface area contributed by atoms with E-state index >= 15 is 0 Å². The first-order chi connectivity index (χ1) is 20.6. The van der Waals surface area contributed by atoms with E-state index in [0.717, 1.165) is 64.5 Å². The van der Waals surface area contributed by atoms with Crippen LogP contribution in [-0.4, -0.2) is 13.2 Å². The summed E-state index contributed by atoms with van der Waals surface area (Å²) in [6, 6.07) is 20.9. The van der Waals surface area contributed by atoms with Crippen LogP contribution in [0.5, 0.6) is 11.5 Å². The van der Waals surface area contributed by atoms with E-state index in [1.807, 2.05) is 24.3 Å². The molecule has 0 aliphatic rings. The van der Waals surface area contributed by atoms with Crippen LogP contribution >= 0.6 is 23.5 Å². The number of nitrogens with two attached hydrogens (primary N) is 1. The molecule has 222 valence electrons. The molecule has 0 aliphatic carbocycles. The van der Waals surface area contributed by atoms with Gasteiger partial charge in [0.25, 0.3) is 0 Å². The lowest BCUT2D eigenvalue weighted by molar-refractivity contribution is 0.284. The van der Waals surface area contributed by atoms with E-state index < -0.39 is 0 Å². The first-order valence-electron chi connectivity index (χ1n) is 15.2. The van der Waals surface area contributed by atoms with Gasteiger partial charge in [0.1, 0.15) is 23.3 Å². The van der Waals surface area contributed by atoms with E-state index in [0.29, 0.717) is 30.4 Å². The van der Waals surface area contributed by atoms with Gasteiger partial charge in [-0.15, -0.1) is 0 Å². The van der Waals surface area contributed by atoms with Crippen molar-refractivity contribution in [2.75, 3.05) is 18.9 Å². The molecule has 5 nitrogen and oxygen atoms in total. The third-order valence-corrected chi connectivity index (χ3v) is 9.29. The third-order valence-electron chi connectivity index (χ3n) is 6.88. The molecule has 0 heterocycles. The molecule has 3 rings (SSSR count). The highest BCUT2D eigenvalue weighted by Crippen LogP contribution is 2.53. The molecule has 7 heteroatoms. The molecular formula is C35H43N3O2S2. The Morgan fingerprint density at radius 1 is 0.667 bits per heavy atom. The lowest BCUT2D eigenvalue weighted by atomic mass is 10.1. The van der Waals surface area contributed by atoms with Crippen molar-refractivity contribution in [3.63, 3.8) is 0 Å². The van der Waals surface area contributed by atoms with E-state index in [-0.39, 0.29) is 11.1 Å². The van der Waals surface area contributed by atoms with E-state index in [9.17, 15) is 10.5 Å². The average molecular weight is 602 g/mol. The van der Waals surface area contributed by atoms with Crippen LogP contribution < -0.4 is 15.2 Å². The molecule has 0 radical (unpaired) electrons. The number of nitrogens with zero attached hydrogens (tertiary/aromatic N) is 2. The predicted molar refractivity (Wildman–Crippen MR) is 175 cm³/mol. The zero-order chi connectivity index (χ0) is 30.2. The number of hydrogen-bond donors (Lipinski definition) is 1. The van der Waals surface area contributed by atoms with Gasteiger partial charge in [0.2, 0.25) is 0 Å². The Morgan fingerprint density at radius 3 is 1.71 bits per heavy atom. The van der Waals surface area contributed by atoms with Crippen molar-refractivity contribution in [1.82, 2.24) is 0 Å². The van der Waals surface area contributed by atoms with E-state index in [2.05, 4.69) is 57.2 Å². The Balaban J connectivity index is 2.18.